The van der Waals surface area contributed by atoms with Crippen LogP contribution in [-0.2, 0) is 20.9 Å². The van der Waals surface area contributed by atoms with Crippen LogP contribution in [0.4, 0.5) is 17.1 Å². The smallest absolute Gasteiger partial charge is 0.308 e. The van der Waals surface area contributed by atoms with Gasteiger partial charge in [-0.25, -0.2) is 4.90 Å². The van der Waals surface area contributed by atoms with Gasteiger partial charge in [0.2, 0.25) is 17.7 Å². The van der Waals surface area contributed by atoms with Crippen molar-refractivity contribution < 1.29 is 19.3 Å². The molecule has 10 nitrogen and oxygen atoms in total. The fourth-order valence-corrected chi connectivity index (χ4v) is 8.03. The number of nitro benzene ring substituents is 1. The summed E-state index contributed by atoms with van der Waals surface area (Å²) in [5, 5.41) is 13.9. The number of benzene rings is 3. The number of halogens is 1. The zero-order valence-electron chi connectivity index (χ0n) is 20.9. The average molecular weight is 607 g/mol. The van der Waals surface area contributed by atoms with Crippen molar-refractivity contribution in [1.29, 1.82) is 0 Å². The van der Waals surface area contributed by atoms with Gasteiger partial charge in [-0.15, -0.1) is 0 Å². The number of nitro groups is 1. The Kier molecular flexibility index (Phi) is 6.98. The maximum absolute atomic E-state index is 13.9. The number of nitrogens with one attached hydrogen (secondary N) is 1. The molecule has 2 aliphatic heterocycles. The van der Waals surface area contributed by atoms with Crippen molar-refractivity contribution in [1.82, 2.24) is 4.57 Å². The standard InChI is InChI=1S/C28H19ClN4O6S2/c29-16-8-6-15(7-9-16)21-22-23(26(36)32(25(22)35)18-10-12-19(13-11-18)33(38)39)40-27-24(21)41-28(37)31(27)14-20(34)30-17-4-2-1-3-5-17/h1-13,21-23H,14H2,(H,30,34). The number of non-ortho nitro benzene ring substituents is 1. The quantitative estimate of drug-likeness (QED) is 0.187. The number of rotatable bonds is 6. The van der Waals surface area contributed by atoms with E-state index in [0.717, 1.165) is 28.0 Å². The van der Waals surface area contributed by atoms with Gasteiger partial charge in [0.1, 0.15) is 11.8 Å². The van der Waals surface area contributed by atoms with Gasteiger partial charge in [-0.05, 0) is 42.0 Å². The molecule has 4 aromatic rings. The molecule has 3 amide bonds. The summed E-state index contributed by atoms with van der Waals surface area (Å²) in [6.07, 6.45) is 0. The largest absolute Gasteiger partial charge is 0.325 e. The Bertz CT molecular complexity index is 1760. The molecular formula is C28H19ClN4O6S2. The number of anilines is 2. The fraction of sp³-hybridized carbons (Fsp3) is 0.143. The Labute approximate surface area is 245 Å². The lowest BCUT2D eigenvalue weighted by molar-refractivity contribution is -0.384. The van der Waals surface area contributed by atoms with E-state index in [1.54, 1.807) is 48.5 Å². The number of fused-ring (bicyclic) bond motifs is 2. The summed E-state index contributed by atoms with van der Waals surface area (Å²) < 4.78 is 1.34. The van der Waals surface area contributed by atoms with Gasteiger partial charge < -0.3 is 5.32 Å². The molecule has 41 heavy (non-hydrogen) atoms. The maximum atomic E-state index is 13.9. The van der Waals surface area contributed by atoms with Gasteiger partial charge in [-0.3, -0.25) is 33.9 Å². The number of thioether (sulfide) groups is 1. The minimum Gasteiger partial charge on any atom is -0.325 e. The molecule has 3 unspecified atom stereocenters. The summed E-state index contributed by atoms with van der Waals surface area (Å²) in [7, 11) is 0. The average Bonchev–Trinajstić information content (AvgIpc) is 3.40. The second-order valence-corrected chi connectivity index (χ2v) is 12.0. The van der Waals surface area contributed by atoms with Crippen LogP contribution < -0.4 is 15.1 Å². The lowest BCUT2D eigenvalue weighted by atomic mass is 9.83. The third-order valence-electron chi connectivity index (χ3n) is 6.96. The first-order valence-electron chi connectivity index (χ1n) is 12.4. The Hall–Kier alpha value is -4.26. The topological polar surface area (TPSA) is 132 Å². The summed E-state index contributed by atoms with van der Waals surface area (Å²) in [5.74, 6) is -2.88. The van der Waals surface area contributed by atoms with Crippen LogP contribution in [0.15, 0.2) is 88.7 Å². The van der Waals surface area contributed by atoms with Crippen LogP contribution in [0.5, 0.6) is 0 Å². The Morgan fingerprint density at radius 3 is 2.29 bits per heavy atom. The molecule has 0 spiro atoms. The number of amides is 3. The number of hydrogen-bond acceptors (Lipinski definition) is 8. The molecule has 13 heteroatoms. The van der Waals surface area contributed by atoms with E-state index < -0.39 is 39.7 Å². The predicted molar refractivity (Wildman–Crippen MR) is 156 cm³/mol. The highest BCUT2D eigenvalue weighted by Gasteiger charge is 2.56. The summed E-state index contributed by atoms with van der Waals surface area (Å²) >= 11 is 8.16. The number of aromatic nitrogens is 1. The molecule has 1 saturated heterocycles. The first-order chi connectivity index (χ1) is 19.7. The van der Waals surface area contributed by atoms with E-state index in [9.17, 15) is 29.3 Å². The number of carbonyl (C=O) groups excluding carboxylic acids is 3. The van der Waals surface area contributed by atoms with Gasteiger partial charge in [0.25, 0.3) is 5.69 Å². The lowest BCUT2D eigenvalue weighted by Crippen LogP contribution is -2.33. The molecule has 0 bridgehead atoms. The first-order valence-corrected chi connectivity index (χ1v) is 14.4. The zero-order chi connectivity index (χ0) is 28.8. The second-order valence-electron chi connectivity index (χ2n) is 9.42. The second kappa shape index (κ2) is 10.6. The number of nitrogens with zero attached hydrogens (tertiary/aromatic N) is 3. The number of imide groups is 1. The highest BCUT2D eigenvalue weighted by atomic mass is 35.5. The van der Waals surface area contributed by atoms with Gasteiger partial charge in [0, 0.05) is 33.6 Å². The van der Waals surface area contributed by atoms with E-state index in [-0.39, 0.29) is 22.8 Å². The van der Waals surface area contributed by atoms with Crippen molar-refractivity contribution >= 4 is 69.5 Å². The molecule has 3 aromatic carbocycles. The van der Waals surface area contributed by atoms with Crippen LogP contribution in [0.25, 0.3) is 0 Å². The molecule has 0 saturated carbocycles. The number of carbonyl (C=O) groups is 3. The summed E-state index contributed by atoms with van der Waals surface area (Å²) in [4.78, 5) is 65.6. The van der Waals surface area contributed by atoms with E-state index >= 15 is 0 Å². The Balaban J connectivity index is 1.40. The van der Waals surface area contributed by atoms with Crippen LogP contribution in [-0.4, -0.2) is 32.5 Å². The van der Waals surface area contributed by atoms with Crippen LogP contribution in [0, 0.1) is 16.0 Å². The van der Waals surface area contributed by atoms with Crippen LogP contribution in [0.3, 0.4) is 0 Å². The van der Waals surface area contributed by atoms with Crippen molar-refractivity contribution in [2.75, 3.05) is 10.2 Å². The van der Waals surface area contributed by atoms with Crippen molar-refractivity contribution in [3.8, 4) is 0 Å². The van der Waals surface area contributed by atoms with E-state index in [1.807, 2.05) is 6.07 Å². The van der Waals surface area contributed by atoms with Gasteiger partial charge in [0.15, 0.2) is 0 Å². The summed E-state index contributed by atoms with van der Waals surface area (Å²) in [6.45, 7) is -0.272. The van der Waals surface area contributed by atoms with Crippen LogP contribution in [0.2, 0.25) is 5.02 Å². The number of para-hydroxylation sites is 1. The van der Waals surface area contributed by atoms with Gasteiger partial charge in [0.05, 0.1) is 21.6 Å². The molecular weight excluding hydrogens is 588 g/mol. The number of thiazole rings is 1. The number of hydrogen-bond donors (Lipinski definition) is 1. The third-order valence-corrected chi connectivity index (χ3v) is 9.81. The minimum absolute atomic E-state index is 0.168. The van der Waals surface area contributed by atoms with Crippen molar-refractivity contribution in [3.05, 3.63) is 114 Å². The Morgan fingerprint density at radius 1 is 0.951 bits per heavy atom. The van der Waals surface area contributed by atoms with E-state index in [0.29, 0.717) is 26.2 Å². The lowest BCUT2D eigenvalue weighted by Gasteiger charge is -2.30. The Morgan fingerprint density at radius 2 is 1.63 bits per heavy atom. The monoisotopic (exact) mass is 606 g/mol. The molecule has 206 valence electrons. The first kappa shape index (κ1) is 26.9. The molecule has 1 N–H and O–H groups in total. The molecule has 3 heterocycles. The van der Waals surface area contributed by atoms with Crippen LogP contribution >= 0.6 is 34.7 Å². The predicted octanol–water partition coefficient (Wildman–Crippen LogP) is 4.91. The normalized spacial score (nSPS) is 19.5. The van der Waals surface area contributed by atoms with E-state index in [2.05, 4.69) is 5.32 Å². The highest BCUT2D eigenvalue weighted by Crippen LogP contribution is 2.54. The fourth-order valence-electron chi connectivity index (χ4n) is 5.13. The molecule has 1 fully saturated rings. The van der Waals surface area contributed by atoms with Crippen molar-refractivity contribution in [2.24, 2.45) is 5.92 Å². The van der Waals surface area contributed by atoms with E-state index in [1.165, 1.54) is 28.8 Å². The molecule has 3 atom stereocenters. The molecule has 0 radical (unpaired) electrons. The molecule has 6 rings (SSSR count). The summed E-state index contributed by atoms with van der Waals surface area (Å²) in [6, 6.07) is 20.9. The minimum atomic E-state index is -0.886. The van der Waals surface area contributed by atoms with Gasteiger partial charge in [-0.1, -0.05) is 65.0 Å². The van der Waals surface area contributed by atoms with E-state index in [4.69, 9.17) is 11.6 Å². The summed E-state index contributed by atoms with van der Waals surface area (Å²) in [5.41, 5.74) is 1.33. The highest BCUT2D eigenvalue weighted by molar-refractivity contribution is 8.00. The third kappa shape index (κ3) is 4.83. The van der Waals surface area contributed by atoms with Gasteiger partial charge >= 0.3 is 4.87 Å². The molecule has 2 aliphatic rings. The van der Waals surface area contributed by atoms with Crippen molar-refractivity contribution in [2.45, 2.75) is 22.7 Å². The maximum Gasteiger partial charge on any atom is 0.308 e. The molecule has 0 aliphatic carbocycles. The van der Waals surface area contributed by atoms with Crippen LogP contribution in [0.1, 0.15) is 16.4 Å². The van der Waals surface area contributed by atoms with Gasteiger partial charge in [-0.2, -0.15) is 0 Å². The van der Waals surface area contributed by atoms with Crippen molar-refractivity contribution in [3.63, 3.8) is 0 Å². The zero-order valence-corrected chi connectivity index (χ0v) is 23.3. The SMILES string of the molecule is O=C(Cn1c2c(sc1=O)C(c1ccc(Cl)cc1)C1C(=O)N(c3ccc([N+](=O)[O-])cc3)C(=O)C1S2)Nc1ccccc1. The molecule has 1 aromatic heterocycles.